The fraction of sp³-hybridized carbons (Fsp3) is 0.429. The van der Waals surface area contributed by atoms with E-state index in [0.29, 0.717) is 0 Å². The monoisotopic (exact) mass is 189 g/mol. The summed E-state index contributed by atoms with van der Waals surface area (Å²) in [6, 6.07) is -0.634. The molecule has 0 spiro atoms. The van der Waals surface area contributed by atoms with Crippen molar-refractivity contribution in [3.05, 3.63) is 12.7 Å². The highest BCUT2D eigenvalue weighted by Crippen LogP contribution is 1.89. The van der Waals surface area contributed by atoms with E-state index in [-0.39, 0.29) is 6.61 Å². The fourth-order valence-corrected chi connectivity index (χ4v) is 0.479. The molecule has 5 heteroatoms. The molecule has 0 aliphatic rings. The van der Waals surface area contributed by atoms with E-state index in [2.05, 4.69) is 29.3 Å². The van der Waals surface area contributed by atoms with Gasteiger partial charge in [-0.3, -0.25) is 4.79 Å². The summed E-state index contributed by atoms with van der Waals surface area (Å²) in [5.41, 5.74) is 0. The molecule has 1 N–H and O–H groups in total. The van der Waals surface area contributed by atoms with E-state index in [4.69, 9.17) is 0 Å². The zero-order valence-electron chi connectivity index (χ0n) is 6.74. The third kappa shape index (κ3) is 4.79. The number of thiol groups is 1. The molecule has 0 radical (unpaired) electrons. The molecule has 12 heavy (non-hydrogen) atoms. The predicted octanol–water partition coefficient (Wildman–Crippen LogP) is 0.744. The lowest BCUT2D eigenvalue weighted by molar-refractivity contribution is -0.112. The summed E-state index contributed by atoms with van der Waals surface area (Å²) in [5, 5.41) is 1.87. The largest absolute Gasteiger partial charge is 0.445 e. The molecule has 0 aromatic heterocycles. The fourth-order valence-electron chi connectivity index (χ4n) is 0.415. The van der Waals surface area contributed by atoms with Gasteiger partial charge in [0, 0.05) is 0 Å². The number of rotatable bonds is 4. The Labute approximate surface area is 76.4 Å². The quantitative estimate of drug-likeness (QED) is 0.506. The molecule has 0 unspecified atom stereocenters. The van der Waals surface area contributed by atoms with Crippen LogP contribution >= 0.6 is 12.6 Å². The molecule has 0 aliphatic carbocycles. The van der Waals surface area contributed by atoms with Crippen LogP contribution < -0.4 is 5.32 Å². The Hall–Kier alpha value is -0.970. The molecule has 0 rings (SSSR count). The van der Waals surface area contributed by atoms with Crippen LogP contribution in [0.25, 0.3) is 0 Å². The first-order valence-electron chi connectivity index (χ1n) is 3.35. The van der Waals surface area contributed by atoms with E-state index in [1.807, 2.05) is 0 Å². The molecule has 68 valence electrons. The predicted molar refractivity (Wildman–Crippen MR) is 48.1 cm³/mol. The summed E-state index contributed by atoms with van der Waals surface area (Å²) in [4.78, 5) is 21.3. The van der Waals surface area contributed by atoms with E-state index in [9.17, 15) is 9.59 Å². The molecule has 1 atom stereocenters. The maximum atomic E-state index is 10.7. The molecule has 1 amide bonds. The summed E-state index contributed by atoms with van der Waals surface area (Å²) in [6.07, 6.45) is 0.789. The van der Waals surface area contributed by atoms with Gasteiger partial charge in [0.05, 0.1) is 6.04 Å². The van der Waals surface area contributed by atoms with Crippen molar-refractivity contribution in [3.8, 4) is 0 Å². The standard InChI is InChI=1S/C7H11NO3S/c1-3-4-11-7(10)8-5(2)6(9)12/h3,5H,1,4H2,2H3,(H,8,10)(H,9,12)/t5-/m1/s1. The van der Waals surface area contributed by atoms with Crippen molar-refractivity contribution >= 4 is 23.8 Å². The summed E-state index contributed by atoms with van der Waals surface area (Å²) in [7, 11) is 0. The van der Waals surface area contributed by atoms with Crippen molar-refractivity contribution in [3.63, 3.8) is 0 Å². The van der Waals surface area contributed by atoms with Crippen molar-refractivity contribution in [1.29, 1.82) is 0 Å². The topological polar surface area (TPSA) is 55.4 Å². The number of ether oxygens (including phenoxy) is 1. The third-order valence-corrected chi connectivity index (χ3v) is 1.42. The van der Waals surface area contributed by atoms with Crippen molar-refractivity contribution in [2.75, 3.05) is 6.61 Å². The van der Waals surface area contributed by atoms with Crippen molar-refractivity contribution < 1.29 is 14.3 Å². The van der Waals surface area contributed by atoms with Crippen LogP contribution in [0.4, 0.5) is 4.79 Å². The Morgan fingerprint density at radius 3 is 2.75 bits per heavy atom. The Balaban J connectivity index is 3.68. The zero-order chi connectivity index (χ0) is 9.56. The molecular formula is C7H11NO3S. The highest BCUT2D eigenvalue weighted by molar-refractivity contribution is 7.96. The van der Waals surface area contributed by atoms with Crippen LogP contribution in [0.1, 0.15) is 6.92 Å². The van der Waals surface area contributed by atoms with E-state index in [1.165, 1.54) is 13.0 Å². The minimum absolute atomic E-state index is 0.124. The number of hydrogen-bond acceptors (Lipinski definition) is 3. The molecule has 0 saturated heterocycles. The van der Waals surface area contributed by atoms with E-state index in [1.54, 1.807) is 0 Å². The van der Waals surface area contributed by atoms with Crippen LogP contribution in [0.2, 0.25) is 0 Å². The van der Waals surface area contributed by atoms with Gasteiger partial charge < -0.3 is 10.1 Å². The maximum Gasteiger partial charge on any atom is 0.408 e. The number of carbonyl (C=O) groups excluding carboxylic acids is 2. The maximum absolute atomic E-state index is 10.7. The second-order valence-corrected chi connectivity index (χ2v) is 2.53. The number of amides is 1. The van der Waals surface area contributed by atoms with Gasteiger partial charge in [-0.1, -0.05) is 12.7 Å². The highest BCUT2D eigenvalue weighted by Gasteiger charge is 2.11. The normalized spacial score (nSPS) is 11.5. The van der Waals surface area contributed by atoms with Crippen molar-refractivity contribution in [2.24, 2.45) is 0 Å². The molecule has 0 heterocycles. The highest BCUT2D eigenvalue weighted by atomic mass is 32.1. The van der Waals surface area contributed by atoms with Crippen molar-refractivity contribution in [1.82, 2.24) is 5.32 Å². The molecule has 4 nitrogen and oxygen atoms in total. The first-order valence-corrected chi connectivity index (χ1v) is 3.79. The summed E-state index contributed by atoms with van der Waals surface area (Å²) < 4.78 is 4.56. The van der Waals surface area contributed by atoms with Gasteiger partial charge in [0.1, 0.15) is 6.61 Å². The Morgan fingerprint density at radius 2 is 2.33 bits per heavy atom. The van der Waals surface area contributed by atoms with Gasteiger partial charge in [0.25, 0.3) is 0 Å². The zero-order valence-corrected chi connectivity index (χ0v) is 7.64. The molecule has 0 fully saturated rings. The molecule has 0 saturated carbocycles. The molecule has 0 aromatic carbocycles. The molecule has 0 aliphatic heterocycles. The lowest BCUT2D eigenvalue weighted by atomic mass is 10.4. The average molecular weight is 189 g/mol. The Kier molecular flexibility index (Phi) is 5.19. The first kappa shape index (κ1) is 11.0. The molecular weight excluding hydrogens is 178 g/mol. The van der Waals surface area contributed by atoms with Gasteiger partial charge in [0.2, 0.25) is 5.12 Å². The Morgan fingerprint density at radius 1 is 1.75 bits per heavy atom. The first-order chi connectivity index (χ1) is 5.57. The van der Waals surface area contributed by atoms with E-state index < -0.39 is 17.3 Å². The molecule has 0 bridgehead atoms. The number of carbonyl (C=O) groups is 2. The van der Waals surface area contributed by atoms with Crippen molar-refractivity contribution in [2.45, 2.75) is 13.0 Å². The summed E-state index contributed by atoms with van der Waals surface area (Å²) >= 11 is 3.53. The minimum Gasteiger partial charge on any atom is -0.445 e. The van der Waals surface area contributed by atoms with Crippen LogP contribution in [0.5, 0.6) is 0 Å². The van der Waals surface area contributed by atoms with Gasteiger partial charge in [-0.2, -0.15) is 0 Å². The Bertz CT molecular complexity index is 193. The van der Waals surface area contributed by atoms with Crippen LogP contribution in [-0.2, 0) is 9.53 Å². The SMILES string of the molecule is C=CCOC(=O)N[C@H](C)C(=O)S. The summed E-state index contributed by atoms with van der Waals surface area (Å²) in [5.74, 6) is 0. The second kappa shape index (κ2) is 5.65. The molecule has 0 aromatic rings. The van der Waals surface area contributed by atoms with Gasteiger partial charge in [-0.05, 0) is 6.92 Å². The van der Waals surface area contributed by atoms with Gasteiger partial charge in [-0.25, -0.2) is 4.79 Å². The number of nitrogens with one attached hydrogen (secondary N) is 1. The summed E-state index contributed by atoms with van der Waals surface area (Å²) in [6.45, 7) is 5.00. The number of alkyl carbamates (subject to hydrolysis) is 1. The van der Waals surface area contributed by atoms with Crippen LogP contribution in [0.3, 0.4) is 0 Å². The van der Waals surface area contributed by atoms with Crippen LogP contribution in [0, 0.1) is 0 Å². The minimum atomic E-state index is -0.648. The van der Waals surface area contributed by atoms with Gasteiger partial charge >= 0.3 is 6.09 Å². The lowest BCUT2D eigenvalue weighted by Gasteiger charge is -2.08. The average Bonchev–Trinajstić information content (AvgIpc) is 2.00. The second-order valence-electron chi connectivity index (χ2n) is 2.09. The van der Waals surface area contributed by atoms with Gasteiger partial charge in [-0.15, -0.1) is 12.6 Å². The van der Waals surface area contributed by atoms with E-state index in [0.717, 1.165) is 0 Å². The van der Waals surface area contributed by atoms with Gasteiger partial charge in [0.15, 0.2) is 0 Å². The lowest BCUT2D eigenvalue weighted by Crippen LogP contribution is -2.36. The third-order valence-electron chi connectivity index (χ3n) is 1.04. The van der Waals surface area contributed by atoms with Crippen LogP contribution in [-0.4, -0.2) is 23.9 Å². The van der Waals surface area contributed by atoms with E-state index >= 15 is 0 Å². The smallest absolute Gasteiger partial charge is 0.408 e. The van der Waals surface area contributed by atoms with Crippen LogP contribution in [0.15, 0.2) is 12.7 Å². The number of hydrogen-bond donors (Lipinski definition) is 2.